The van der Waals surface area contributed by atoms with Crippen molar-refractivity contribution in [1.29, 1.82) is 0 Å². The summed E-state index contributed by atoms with van der Waals surface area (Å²) in [6.07, 6.45) is 2.38. The van der Waals surface area contributed by atoms with Crippen molar-refractivity contribution in [3.63, 3.8) is 0 Å². The highest BCUT2D eigenvalue weighted by Gasteiger charge is 2.20. The second-order valence-corrected chi connectivity index (χ2v) is 5.72. The summed E-state index contributed by atoms with van der Waals surface area (Å²) in [5, 5.41) is 0. The molecular formula is C18H22N2. The molecule has 0 bridgehead atoms. The van der Waals surface area contributed by atoms with Gasteiger partial charge < -0.3 is 10.6 Å². The molecule has 1 aliphatic heterocycles. The van der Waals surface area contributed by atoms with Crippen molar-refractivity contribution in [1.82, 2.24) is 0 Å². The average molecular weight is 266 g/mol. The molecule has 2 N–H and O–H groups in total. The Morgan fingerprint density at radius 3 is 2.55 bits per heavy atom. The molecule has 2 heteroatoms. The van der Waals surface area contributed by atoms with Gasteiger partial charge in [0.15, 0.2) is 0 Å². The van der Waals surface area contributed by atoms with E-state index in [-0.39, 0.29) is 0 Å². The van der Waals surface area contributed by atoms with Gasteiger partial charge in [-0.05, 0) is 55.5 Å². The van der Waals surface area contributed by atoms with Crippen molar-refractivity contribution in [2.24, 2.45) is 5.73 Å². The molecule has 2 nitrogen and oxygen atoms in total. The molecule has 0 unspecified atom stereocenters. The van der Waals surface area contributed by atoms with Crippen molar-refractivity contribution in [3.05, 3.63) is 58.7 Å². The Balaban J connectivity index is 2.11. The molecule has 20 heavy (non-hydrogen) atoms. The maximum Gasteiger partial charge on any atom is 0.0459 e. The van der Waals surface area contributed by atoms with Crippen LogP contribution in [0.1, 0.15) is 28.7 Å². The number of aryl methyl sites for hydroxylation is 3. The van der Waals surface area contributed by atoms with Crippen LogP contribution in [0.3, 0.4) is 0 Å². The minimum absolute atomic E-state index is 0.591. The molecule has 0 amide bonds. The van der Waals surface area contributed by atoms with Crippen LogP contribution >= 0.6 is 0 Å². The average Bonchev–Trinajstić information content (AvgIpc) is 2.46. The summed E-state index contributed by atoms with van der Waals surface area (Å²) >= 11 is 0. The topological polar surface area (TPSA) is 29.3 Å². The zero-order valence-corrected chi connectivity index (χ0v) is 12.3. The Kier molecular flexibility index (Phi) is 3.49. The molecule has 0 saturated heterocycles. The number of nitrogens with zero attached hydrogens (tertiary/aromatic N) is 1. The Morgan fingerprint density at radius 2 is 1.75 bits per heavy atom. The lowest BCUT2D eigenvalue weighted by Crippen LogP contribution is -2.26. The smallest absolute Gasteiger partial charge is 0.0459 e. The molecule has 0 radical (unpaired) electrons. The summed E-state index contributed by atoms with van der Waals surface area (Å²) in [7, 11) is 0. The van der Waals surface area contributed by atoms with Crippen LogP contribution in [0.15, 0.2) is 36.4 Å². The van der Waals surface area contributed by atoms with Gasteiger partial charge in [0.25, 0.3) is 0 Å². The summed E-state index contributed by atoms with van der Waals surface area (Å²) < 4.78 is 0. The van der Waals surface area contributed by atoms with Gasteiger partial charge in [0.1, 0.15) is 0 Å². The van der Waals surface area contributed by atoms with Crippen LogP contribution in [-0.4, -0.2) is 6.54 Å². The van der Waals surface area contributed by atoms with E-state index < -0.39 is 0 Å². The van der Waals surface area contributed by atoms with Crippen LogP contribution in [-0.2, 0) is 13.0 Å². The van der Waals surface area contributed by atoms with E-state index in [0.717, 1.165) is 6.54 Å². The highest BCUT2D eigenvalue weighted by molar-refractivity contribution is 5.71. The predicted molar refractivity (Wildman–Crippen MR) is 85.6 cm³/mol. The van der Waals surface area contributed by atoms with Gasteiger partial charge in [0.05, 0.1) is 0 Å². The number of hydrogen-bond donors (Lipinski definition) is 1. The van der Waals surface area contributed by atoms with E-state index in [0.29, 0.717) is 6.54 Å². The normalized spacial score (nSPS) is 14.2. The standard InChI is InChI=1S/C18H22N2/c1-13-6-8-17-15(10-13)4-3-9-20(17)18-11-14(2)5-7-16(18)12-19/h5-8,10-11H,3-4,9,12,19H2,1-2H3. The molecule has 2 aromatic rings. The summed E-state index contributed by atoms with van der Waals surface area (Å²) in [5.41, 5.74) is 13.9. The molecule has 1 heterocycles. The van der Waals surface area contributed by atoms with Crippen LogP contribution < -0.4 is 10.6 Å². The van der Waals surface area contributed by atoms with Crippen molar-refractivity contribution in [3.8, 4) is 0 Å². The van der Waals surface area contributed by atoms with Gasteiger partial charge in [-0.1, -0.05) is 29.8 Å². The molecule has 0 saturated carbocycles. The molecule has 0 fully saturated rings. The number of hydrogen-bond acceptors (Lipinski definition) is 2. The lowest BCUT2D eigenvalue weighted by Gasteiger charge is -2.33. The molecule has 3 rings (SSSR count). The van der Waals surface area contributed by atoms with Crippen LogP contribution in [0.25, 0.3) is 0 Å². The van der Waals surface area contributed by atoms with Crippen LogP contribution in [0.4, 0.5) is 11.4 Å². The third-order valence-corrected chi connectivity index (χ3v) is 4.11. The highest BCUT2D eigenvalue weighted by Crippen LogP contribution is 2.36. The molecule has 0 spiro atoms. The number of fused-ring (bicyclic) bond motifs is 1. The largest absolute Gasteiger partial charge is 0.341 e. The Morgan fingerprint density at radius 1 is 1.00 bits per heavy atom. The Hall–Kier alpha value is -1.80. The third-order valence-electron chi connectivity index (χ3n) is 4.11. The molecule has 1 aliphatic rings. The van der Waals surface area contributed by atoms with E-state index in [1.807, 2.05) is 0 Å². The van der Waals surface area contributed by atoms with E-state index in [1.54, 1.807) is 0 Å². The summed E-state index contributed by atoms with van der Waals surface area (Å²) in [5.74, 6) is 0. The first-order valence-electron chi connectivity index (χ1n) is 7.35. The van der Waals surface area contributed by atoms with Crippen molar-refractivity contribution in [2.75, 3.05) is 11.4 Å². The van der Waals surface area contributed by atoms with Crippen LogP contribution in [0, 0.1) is 13.8 Å². The monoisotopic (exact) mass is 266 g/mol. The van der Waals surface area contributed by atoms with Gasteiger partial charge in [-0.3, -0.25) is 0 Å². The van der Waals surface area contributed by atoms with Gasteiger partial charge in [0.2, 0.25) is 0 Å². The maximum absolute atomic E-state index is 5.92. The Labute approximate surface area is 121 Å². The van der Waals surface area contributed by atoms with E-state index in [4.69, 9.17) is 5.73 Å². The SMILES string of the molecule is Cc1ccc2c(c1)CCCN2c1cc(C)ccc1CN. The first-order chi connectivity index (χ1) is 9.69. The van der Waals surface area contributed by atoms with E-state index in [1.165, 1.54) is 46.5 Å². The summed E-state index contributed by atoms with van der Waals surface area (Å²) in [6.45, 7) is 5.97. The van der Waals surface area contributed by atoms with Crippen molar-refractivity contribution < 1.29 is 0 Å². The van der Waals surface area contributed by atoms with Gasteiger partial charge in [-0.2, -0.15) is 0 Å². The second-order valence-electron chi connectivity index (χ2n) is 5.72. The fourth-order valence-corrected chi connectivity index (χ4v) is 3.07. The molecule has 0 aliphatic carbocycles. The highest BCUT2D eigenvalue weighted by atomic mass is 15.1. The predicted octanol–water partition coefficient (Wildman–Crippen LogP) is 3.85. The van der Waals surface area contributed by atoms with Gasteiger partial charge in [0, 0.05) is 24.5 Å². The number of nitrogens with two attached hydrogens (primary N) is 1. The van der Waals surface area contributed by atoms with E-state index in [9.17, 15) is 0 Å². The lowest BCUT2D eigenvalue weighted by molar-refractivity contribution is 0.762. The molecule has 2 aromatic carbocycles. The van der Waals surface area contributed by atoms with Gasteiger partial charge >= 0.3 is 0 Å². The minimum Gasteiger partial charge on any atom is -0.341 e. The first-order valence-corrected chi connectivity index (χ1v) is 7.35. The fraction of sp³-hybridized carbons (Fsp3) is 0.333. The quantitative estimate of drug-likeness (QED) is 0.894. The minimum atomic E-state index is 0.591. The zero-order valence-electron chi connectivity index (χ0n) is 12.3. The Bertz CT molecular complexity index is 631. The maximum atomic E-state index is 5.92. The van der Waals surface area contributed by atoms with Gasteiger partial charge in [-0.25, -0.2) is 0 Å². The lowest BCUT2D eigenvalue weighted by atomic mass is 9.97. The first kappa shape index (κ1) is 13.2. The molecule has 0 atom stereocenters. The summed E-state index contributed by atoms with van der Waals surface area (Å²) in [4.78, 5) is 2.44. The van der Waals surface area contributed by atoms with Crippen LogP contribution in [0.2, 0.25) is 0 Å². The van der Waals surface area contributed by atoms with Gasteiger partial charge in [-0.15, -0.1) is 0 Å². The number of benzene rings is 2. The van der Waals surface area contributed by atoms with E-state index >= 15 is 0 Å². The van der Waals surface area contributed by atoms with Crippen molar-refractivity contribution in [2.45, 2.75) is 33.2 Å². The third kappa shape index (κ3) is 2.32. The number of rotatable bonds is 2. The summed E-state index contributed by atoms with van der Waals surface area (Å²) in [6, 6.07) is 13.3. The fourth-order valence-electron chi connectivity index (χ4n) is 3.07. The molecule has 0 aromatic heterocycles. The zero-order chi connectivity index (χ0) is 14.1. The number of anilines is 2. The van der Waals surface area contributed by atoms with E-state index in [2.05, 4.69) is 55.1 Å². The van der Waals surface area contributed by atoms with Crippen LogP contribution in [0.5, 0.6) is 0 Å². The molecular weight excluding hydrogens is 244 g/mol. The molecule has 104 valence electrons. The second kappa shape index (κ2) is 5.29. The van der Waals surface area contributed by atoms with Crippen molar-refractivity contribution >= 4 is 11.4 Å².